The number of nitrogens with zero attached hydrogens (tertiary/aromatic N) is 3. The van der Waals surface area contributed by atoms with E-state index in [1.54, 1.807) is 14.2 Å². The van der Waals surface area contributed by atoms with Gasteiger partial charge in [-0.2, -0.15) is 0 Å². The summed E-state index contributed by atoms with van der Waals surface area (Å²) >= 11 is 11.9. The smallest absolute Gasteiger partial charge is 0.785 e. The molecule has 0 spiro atoms. The molecule has 3 aromatic rings. The van der Waals surface area contributed by atoms with E-state index in [0.29, 0.717) is 25.2 Å². The normalized spacial score (nSPS) is 29.9. The number of imidazole rings is 1. The van der Waals surface area contributed by atoms with Gasteiger partial charge in [-0.3, -0.25) is 4.90 Å². The Bertz CT molecular complexity index is 1340. The van der Waals surface area contributed by atoms with Crippen LogP contribution in [0.15, 0.2) is 58.3 Å². The summed E-state index contributed by atoms with van der Waals surface area (Å²) in [5.41, 5.74) is 4.87. The van der Waals surface area contributed by atoms with E-state index in [1.165, 1.54) is 11.1 Å². The van der Waals surface area contributed by atoms with Crippen LogP contribution in [0.3, 0.4) is 0 Å². The molecule has 4 aliphatic rings. The predicted molar refractivity (Wildman–Crippen MR) is 141 cm³/mol. The molecule has 10 heteroatoms. The molecular weight excluding hydrogens is 536 g/mol. The largest absolute Gasteiger partial charge is 1.00 e. The molecule has 2 aromatic carbocycles. The zero-order valence-electron chi connectivity index (χ0n) is 22.6. The van der Waals surface area contributed by atoms with Crippen LogP contribution in [-0.4, -0.2) is 41.1 Å². The molecule has 3 heterocycles. The van der Waals surface area contributed by atoms with Crippen LogP contribution in [-0.2, 0) is 52.7 Å². The number of aromatic nitrogens is 2. The standard InChI is InChI=1S/C28H31N3O3S2.2Na/c1-4-34-14-31-18-12-8-7-11-17(18)29-19(31)13-30-24-15-9-5-6-10-16(15)25(30)21-20(24)22-26(35)27(36)23(21)28(22,32-2)33-3;;/h5-12,20-25,35-36H,4,13-14H2,1-3H3;;/q;2*+1/p-2/t20-,21+,22+,23?,24-,25+;;/m1../s1. The quantitative estimate of drug-likeness (QED) is 0.195. The number of rotatable bonds is 7. The molecule has 0 N–H and O–H groups in total. The zero-order chi connectivity index (χ0) is 24.8. The molecule has 2 aliphatic carbocycles. The maximum atomic E-state index is 6.14. The Hall–Kier alpha value is -0.0700. The Kier molecular flexibility index (Phi) is 8.49. The van der Waals surface area contributed by atoms with Crippen molar-refractivity contribution in [3.63, 3.8) is 0 Å². The van der Waals surface area contributed by atoms with Gasteiger partial charge in [-0.1, -0.05) is 36.4 Å². The third-order valence-corrected chi connectivity index (χ3v) is 10.2. The van der Waals surface area contributed by atoms with E-state index in [0.717, 1.165) is 33.2 Å². The molecule has 1 aromatic heterocycles. The van der Waals surface area contributed by atoms with Gasteiger partial charge in [0.1, 0.15) is 12.6 Å². The average molecular weight is 566 g/mol. The molecule has 1 saturated heterocycles. The molecule has 2 aliphatic heterocycles. The first-order chi connectivity index (χ1) is 17.6. The molecule has 7 rings (SSSR count). The number of hydrogen-bond acceptors (Lipinski definition) is 7. The van der Waals surface area contributed by atoms with E-state index in [2.05, 4.69) is 51.9 Å². The van der Waals surface area contributed by atoms with Gasteiger partial charge in [-0.15, -0.1) is 0 Å². The van der Waals surface area contributed by atoms with Crippen molar-refractivity contribution < 1.29 is 73.3 Å². The fourth-order valence-corrected chi connectivity index (χ4v) is 8.84. The van der Waals surface area contributed by atoms with Crippen LogP contribution >= 0.6 is 0 Å². The number of ether oxygens (including phenoxy) is 3. The number of methoxy groups -OCH3 is 2. The van der Waals surface area contributed by atoms with E-state index >= 15 is 0 Å². The molecule has 0 radical (unpaired) electrons. The molecule has 1 unspecified atom stereocenters. The molecule has 6 nitrogen and oxygen atoms in total. The summed E-state index contributed by atoms with van der Waals surface area (Å²) in [7, 11) is 3.48. The van der Waals surface area contributed by atoms with Gasteiger partial charge in [0.15, 0.2) is 5.79 Å². The second-order valence-corrected chi connectivity index (χ2v) is 11.1. The van der Waals surface area contributed by atoms with E-state index < -0.39 is 5.79 Å². The second kappa shape index (κ2) is 11.0. The van der Waals surface area contributed by atoms with Crippen LogP contribution in [0.4, 0.5) is 0 Å². The van der Waals surface area contributed by atoms with Crippen molar-refractivity contribution in [1.82, 2.24) is 14.5 Å². The van der Waals surface area contributed by atoms with Gasteiger partial charge in [0, 0.05) is 44.7 Å². The summed E-state index contributed by atoms with van der Waals surface area (Å²) in [5, 5.41) is 0. The first-order valence-electron chi connectivity index (χ1n) is 12.6. The van der Waals surface area contributed by atoms with Crippen molar-refractivity contribution in [1.29, 1.82) is 0 Å². The third kappa shape index (κ3) is 3.76. The topological polar surface area (TPSA) is 48.8 Å². The predicted octanol–water partition coefficient (Wildman–Crippen LogP) is -1.56. The SMILES string of the molecule is CCOCn1c(CN2[C@@H]3c4ccccc4[C@H]2[C@@H]2C4C([S-])=C([S-])[C@H]([C@@H]23)C4(OC)OC)nc2ccccc21.[Na+].[Na+]. The monoisotopic (exact) mass is 565 g/mol. The van der Waals surface area contributed by atoms with Gasteiger partial charge in [-0.25, -0.2) is 14.8 Å². The Balaban J connectivity index is 0.00000147. The average Bonchev–Trinajstić information content (AvgIpc) is 3.63. The van der Waals surface area contributed by atoms with Crippen molar-refractivity contribution in [2.24, 2.45) is 23.7 Å². The molecule has 1 saturated carbocycles. The second-order valence-electron chi connectivity index (χ2n) is 10.2. The third-order valence-electron chi connectivity index (χ3n) is 9.09. The summed E-state index contributed by atoms with van der Waals surface area (Å²) in [6.07, 6.45) is 0. The fourth-order valence-electron chi connectivity index (χ4n) is 7.94. The van der Waals surface area contributed by atoms with Gasteiger partial charge in [0.25, 0.3) is 0 Å². The fraction of sp³-hybridized carbons (Fsp3) is 0.464. The van der Waals surface area contributed by atoms with Gasteiger partial charge < -0.3 is 44.0 Å². The summed E-state index contributed by atoms with van der Waals surface area (Å²) < 4.78 is 20.4. The molecule has 0 amide bonds. The van der Waals surface area contributed by atoms with Crippen molar-refractivity contribution in [3.8, 4) is 0 Å². The van der Waals surface area contributed by atoms with Gasteiger partial charge >= 0.3 is 59.1 Å². The van der Waals surface area contributed by atoms with E-state index in [-0.39, 0.29) is 83.0 Å². The van der Waals surface area contributed by atoms with Crippen molar-refractivity contribution in [2.45, 2.75) is 38.1 Å². The summed E-state index contributed by atoms with van der Waals surface area (Å²) in [4.78, 5) is 9.41. The van der Waals surface area contributed by atoms with E-state index in [4.69, 9.17) is 44.5 Å². The van der Waals surface area contributed by atoms with Crippen molar-refractivity contribution in [2.75, 3.05) is 20.8 Å². The van der Waals surface area contributed by atoms with Gasteiger partial charge in [0.2, 0.25) is 0 Å². The van der Waals surface area contributed by atoms with Gasteiger partial charge in [0.05, 0.1) is 17.6 Å². The van der Waals surface area contributed by atoms with Gasteiger partial charge in [-0.05, 0) is 42.0 Å². The van der Waals surface area contributed by atoms with Crippen LogP contribution in [0.2, 0.25) is 0 Å². The molecule has 2 fully saturated rings. The Morgan fingerprint density at radius 1 is 0.868 bits per heavy atom. The number of para-hydroxylation sites is 2. The van der Waals surface area contributed by atoms with Crippen molar-refractivity contribution in [3.05, 3.63) is 75.3 Å². The van der Waals surface area contributed by atoms with Crippen molar-refractivity contribution >= 4 is 36.3 Å². The minimum absolute atomic E-state index is 0. The maximum Gasteiger partial charge on any atom is 1.00 e. The Morgan fingerprint density at radius 2 is 1.42 bits per heavy atom. The minimum Gasteiger partial charge on any atom is -0.785 e. The molecule has 4 bridgehead atoms. The molecule has 6 atom stereocenters. The zero-order valence-corrected chi connectivity index (χ0v) is 28.2. The van der Waals surface area contributed by atoms with E-state index in [1.807, 2.05) is 13.0 Å². The number of hydrogen-bond donors (Lipinski definition) is 0. The summed E-state index contributed by atoms with van der Waals surface area (Å²) in [6, 6.07) is 17.6. The minimum atomic E-state index is -0.768. The van der Waals surface area contributed by atoms with Crippen LogP contribution in [0.5, 0.6) is 0 Å². The van der Waals surface area contributed by atoms with Crippen LogP contribution < -0.4 is 59.1 Å². The first-order valence-corrected chi connectivity index (χ1v) is 13.4. The van der Waals surface area contributed by atoms with Crippen LogP contribution in [0.1, 0.15) is 36.0 Å². The van der Waals surface area contributed by atoms with Crippen LogP contribution in [0.25, 0.3) is 11.0 Å². The Labute approximate surface area is 279 Å². The molecule has 38 heavy (non-hydrogen) atoms. The van der Waals surface area contributed by atoms with Crippen LogP contribution in [0, 0.1) is 23.7 Å². The summed E-state index contributed by atoms with van der Waals surface area (Å²) in [5.74, 6) is 0.777. The maximum absolute atomic E-state index is 6.14. The first kappa shape index (κ1) is 29.4. The number of benzene rings is 2. The molecule has 188 valence electrons. The molecular formula is C28H29N3Na2O3S2. The number of fused-ring (bicyclic) bond motifs is 13. The summed E-state index contributed by atoms with van der Waals surface area (Å²) in [6.45, 7) is 3.90. The Morgan fingerprint density at radius 3 is 1.97 bits per heavy atom. The van der Waals surface area contributed by atoms with E-state index in [9.17, 15) is 0 Å².